The number of allylic oxidation sites excluding steroid dienone is 1. The van der Waals surface area contributed by atoms with Crippen LogP contribution < -0.4 is 15.7 Å². The Bertz CT molecular complexity index is 588. The summed E-state index contributed by atoms with van der Waals surface area (Å²) in [5, 5.41) is 12.2. The van der Waals surface area contributed by atoms with Gasteiger partial charge in [-0.2, -0.15) is 0 Å². The third-order valence-electron chi connectivity index (χ3n) is 3.08. The summed E-state index contributed by atoms with van der Waals surface area (Å²) in [4.78, 5) is 0. The highest BCUT2D eigenvalue weighted by molar-refractivity contribution is 7.54. The number of hydrogen-bond donors (Lipinski definition) is 3. The van der Waals surface area contributed by atoms with Gasteiger partial charge >= 0.3 is 14.6 Å². The van der Waals surface area contributed by atoms with E-state index in [1.807, 2.05) is 12.1 Å². The molecule has 0 saturated carbocycles. The molecule has 0 saturated heterocycles. The van der Waals surface area contributed by atoms with Crippen LogP contribution in [0.25, 0.3) is 0 Å². The van der Waals surface area contributed by atoms with Crippen molar-refractivity contribution in [3.63, 3.8) is 0 Å². The average molecular weight is 370 g/mol. The number of ether oxygens (including phenoxy) is 1. The summed E-state index contributed by atoms with van der Waals surface area (Å²) in [6, 6.07) is 5.40. The smallest absolute Gasteiger partial charge is 0.373 e. The maximum atomic E-state index is 12.3. The van der Waals surface area contributed by atoms with Crippen LogP contribution in [-0.2, 0) is 20.2 Å². The fraction of sp³-hybridized carbons (Fsp3) is 0.500. The zero-order chi connectivity index (χ0) is 18.7. The van der Waals surface area contributed by atoms with E-state index < -0.39 is 14.6 Å². The molecule has 0 aliphatic carbocycles. The van der Waals surface area contributed by atoms with Gasteiger partial charge in [0.2, 0.25) is 0 Å². The molecule has 0 bridgehead atoms. The standard InChI is InChI=1S/C16H28BN2O5P/c1-4-23-25(21,24-5-2)9-7-6-8-22-16-11-14(10-15(18)12-16)13-19-17(3)20/h6-7,10-12,19-20H,4-5,8-9,13,18H2,1-3H3. The van der Waals surface area contributed by atoms with Gasteiger partial charge in [0.05, 0.1) is 19.4 Å². The maximum absolute atomic E-state index is 12.3. The number of rotatable bonds is 12. The molecular formula is C16H28BN2O5P. The summed E-state index contributed by atoms with van der Waals surface area (Å²) in [5.74, 6) is 0.629. The lowest BCUT2D eigenvalue weighted by Gasteiger charge is -2.14. The molecule has 0 fully saturated rings. The minimum atomic E-state index is -3.06. The summed E-state index contributed by atoms with van der Waals surface area (Å²) in [7, 11) is -3.66. The van der Waals surface area contributed by atoms with Crippen LogP contribution in [0.5, 0.6) is 5.75 Å². The molecule has 9 heteroatoms. The predicted octanol–water partition coefficient (Wildman–Crippen LogP) is 2.67. The average Bonchev–Trinajstić information content (AvgIpc) is 2.52. The Morgan fingerprint density at radius 2 is 1.92 bits per heavy atom. The number of nitrogens with two attached hydrogens (primary N) is 1. The van der Waals surface area contributed by atoms with Crippen LogP contribution in [0, 0.1) is 0 Å². The highest BCUT2D eigenvalue weighted by Crippen LogP contribution is 2.47. The molecule has 0 amide bonds. The molecule has 0 aliphatic heterocycles. The van der Waals surface area contributed by atoms with Gasteiger partial charge < -0.3 is 29.8 Å². The van der Waals surface area contributed by atoms with Crippen molar-refractivity contribution in [2.45, 2.75) is 27.2 Å². The van der Waals surface area contributed by atoms with Gasteiger partial charge in [-0.1, -0.05) is 12.2 Å². The van der Waals surface area contributed by atoms with Crippen LogP contribution in [0.2, 0.25) is 6.82 Å². The largest absolute Gasteiger partial charge is 0.489 e. The molecule has 0 spiro atoms. The molecule has 0 aliphatic rings. The van der Waals surface area contributed by atoms with Gasteiger partial charge in [0.15, 0.2) is 0 Å². The first-order valence-corrected chi connectivity index (χ1v) is 10.1. The number of nitrogen functional groups attached to an aromatic ring is 1. The Balaban J connectivity index is 2.53. The van der Waals surface area contributed by atoms with E-state index in [-0.39, 0.29) is 6.16 Å². The molecule has 1 aromatic carbocycles. The SMILES string of the molecule is CCOP(=O)(CC=CCOc1cc(N)cc(CNB(C)O)c1)OCC. The highest BCUT2D eigenvalue weighted by atomic mass is 31.2. The number of hydrogen-bond acceptors (Lipinski definition) is 7. The molecule has 0 radical (unpaired) electrons. The number of benzene rings is 1. The molecular weight excluding hydrogens is 342 g/mol. The van der Waals surface area contributed by atoms with E-state index in [1.54, 1.807) is 38.9 Å². The van der Waals surface area contributed by atoms with E-state index in [2.05, 4.69) is 5.23 Å². The molecule has 25 heavy (non-hydrogen) atoms. The van der Waals surface area contributed by atoms with Crippen molar-refractivity contribution >= 4 is 20.3 Å². The van der Waals surface area contributed by atoms with Crippen molar-refractivity contribution in [3.05, 3.63) is 35.9 Å². The van der Waals surface area contributed by atoms with Gasteiger partial charge in [-0.15, -0.1) is 0 Å². The van der Waals surface area contributed by atoms with Crippen molar-refractivity contribution in [1.29, 1.82) is 0 Å². The van der Waals surface area contributed by atoms with Gasteiger partial charge in [0.25, 0.3) is 0 Å². The van der Waals surface area contributed by atoms with Gasteiger partial charge in [0.1, 0.15) is 12.4 Å². The number of nitrogens with one attached hydrogen (secondary N) is 1. The third kappa shape index (κ3) is 9.09. The van der Waals surface area contributed by atoms with E-state index in [0.717, 1.165) is 5.56 Å². The van der Waals surface area contributed by atoms with Crippen LogP contribution >= 0.6 is 7.60 Å². The Hall–Kier alpha value is -1.31. The predicted molar refractivity (Wildman–Crippen MR) is 102 cm³/mol. The van der Waals surface area contributed by atoms with Crippen LogP contribution in [0.3, 0.4) is 0 Å². The Kier molecular flexibility index (Phi) is 9.86. The Morgan fingerprint density at radius 1 is 1.24 bits per heavy atom. The number of anilines is 1. The summed E-state index contributed by atoms with van der Waals surface area (Å²) in [6.07, 6.45) is 3.70. The summed E-state index contributed by atoms with van der Waals surface area (Å²) in [6.45, 7) is 6.69. The van der Waals surface area contributed by atoms with Crippen molar-refractivity contribution in [3.8, 4) is 5.75 Å². The van der Waals surface area contributed by atoms with E-state index in [4.69, 9.17) is 19.5 Å². The lowest BCUT2D eigenvalue weighted by Crippen LogP contribution is -2.29. The van der Waals surface area contributed by atoms with Crippen molar-refractivity contribution in [1.82, 2.24) is 5.23 Å². The minimum Gasteiger partial charge on any atom is -0.489 e. The zero-order valence-corrected chi connectivity index (χ0v) is 16.0. The van der Waals surface area contributed by atoms with E-state index >= 15 is 0 Å². The monoisotopic (exact) mass is 370 g/mol. The fourth-order valence-corrected chi connectivity index (χ4v) is 3.57. The Morgan fingerprint density at radius 3 is 2.52 bits per heavy atom. The first-order chi connectivity index (χ1) is 11.9. The van der Waals surface area contributed by atoms with Crippen LogP contribution in [0.4, 0.5) is 5.69 Å². The lowest BCUT2D eigenvalue weighted by molar-refractivity contribution is 0.222. The van der Waals surface area contributed by atoms with Gasteiger partial charge in [0, 0.05) is 18.3 Å². The molecule has 7 nitrogen and oxygen atoms in total. The molecule has 0 heterocycles. The zero-order valence-electron chi connectivity index (χ0n) is 15.1. The van der Waals surface area contributed by atoms with Crippen molar-refractivity contribution in [2.75, 3.05) is 31.7 Å². The quantitative estimate of drug-likeness (QED) is 0.225. The molecule has 0 aromatic heterocycles. The van der Waals surface area contributed by atoms with Crippen molar-refractivity contribution < 1.29 is 23.4 Å². The lowest BCUT2D eigenvalue weighted by atomic mass is 9.88. The first kappa shape index (κ1) is 21.7. The molecule has 140 valence electrons. The minimum absolute atomic E-state index is 0.207. The molecule has 4 N–H and O–H groups in total. The molecule has 1 rings (SSSR count). The summed E-state index contributed by atoms with van der Waals surface area (Å²) in [5.41, 5.74) is 7.36. The fourth-order valence-electron chi connectivity index (χ4n) is 2.09. The first-order valence-electron chi connectivity index (χ1n) is 8.35. The highest BCUT2D eigenvalue weighted by Gasteiger charge is 2.20. The maximum Gasteiger partial charge on any atom is 0.373 e. The molecule has 1 aromatic rings. The second-order valence-electron chi connectivity index (χ2n) is 5.38. The molecule has 0 unspecified atom stereocenters. The van der Waals surface area contributed by atoms with Gasteiger partial charge in [-0.3, -0.25) is 4.57 Å². The second-order valence-corrected chi connectivity index (χ2v) is 7.48. The third-order valence-corrected chi connectivity index (χ3v) is 5.04. The van der Waals surface area contributed by atoms with Crippen molar-refractivity contribution in [2.24, 2.45) is 0 Å². The Labute approximate surface area is 150 Å². The van der Waals surface area contributed by atoms with Crippen LogP contribution in [0.1, 0.15) is 19.4 Å². The summed E-state index contributed by atoms with van der Waals surface area (Å²) >= 11 is 0. The van der Waals surface area contributed by atoms with Gasteiger partial charge in [-0.05, 0) is 38.4 Å². The normalized spacial score (nSPS) is 11.8. The van der Waals surface area contributed by atoms with E-state index in [9.17, 15) is 9.59 Å². The van der Waals surface area contributed by atoms with Crippen LogP contribution in [-0.4, -0.2) is 38.1 Å². The van der Waals surface area contributed by atoms with Gasteiger partial charge in [-0.25, -0.2) is 0 Å². The van der Waals surface area contributed by atoms with Crippen LogP contribution in [0.15, 0.2) is 30.4 Å². The summed E-state index contributed by atoms with van der Waals surface area (Å²) < 4.78 is 28.3. The topological polar surface area (TPSA) is 103 Å². The second kappa shape index (κ2) is 11.3. The van der Waals surface area contributed by atoms with E-state index in [1.165, 1.54) is 0 Å². The molecule has 0 atom stereocenters. The van der Waals surface area contributed by atoms with E-state index in [0.29, 0.717) is 37.8 Å².